The Kier molecular flexibility index (Phi) is 5.42. The number of benzene rings is 2. The van der Waals surface area contributed by atoms with Crippen LogP contribution in [-0.2, 0) is 10.0 Å². The standard InChI is InChI=1S/C20H20F2N4O3S/c1-2-10-30(27,28)25-19-15(21)5-7-17(18(19)22)29-13-4-6-16-14(11-13)20-23-8-3-9-26(20)12-24-16/h4-7,11-12,25H,2-3,8-10H2,1H3. The number of fused-ring (bicyclic) bond motifs is 3. The van der Waals surface area contributed by atoms with Gasteiger partial charge in [0.25, 0.3) is 0 Å². The number of nitrogens with one attached hydrogen (secondary N) is 1. The average Bonchev–Trinajstić information content (AvgIpc) is 2.73. The number of nitrogens with zero attached hydrogens (tertiary/aromatic N) is 3. The van der Waals surface area contributed by atoms with E-state index in [0.717, 1.165) is 36.5 Å². The summed E-state index contributed by atoms with van der Waals surface area (Å²) in [6.45, 7) is 3.17. The van der Waals surface area contributed by atoms with Crippen molar-refractivity contribution in [3.05, 3.63) is 47.5 Å². The molecule has 2 aromatic rings. The molecule has 2 aromatic carbocycles. The molecule has 2 heterocycles. The molecule has 0 fully saturated rings. The van der Waals surface area contributed by atoms with Crippen LogP contribution in [0.25, 0.3) is 0 Å². The van der Waals surface area contributed by atoms with Crippen molar-refractivity contribution in [2.45, 2.75) is 19.8 Å². The number of halogens is 2. The lowest BCUT2D eigenvalue weighted by Crippen LogP contribution is -2.36. The normalized spacial score (nSPS) is 15.3. The zero-order valence-electron chi connectivity index (χ0n) is 16.2. The molecule has 0 aliphatic carbocycles. The van der Waals surface area contributed by atoms with E-state index in [2.05, 4.69) is 9.98 Å². The fourth-order valence-corrected chi connectivity index (χ4v) is 4.42. The lowest BCUT2D eigenvalue weighted by atomic mass is 10.1. The van der Waals surface area contributed by atoms with Crippen LogP contribution in [0.15, 0.2) is 40.3 Å². The highest BCUT2D eigenvalue weighted by Gasteiger charge is 2.24. The highest BCUT2D eigenvalue weighted by atomic mass is 32.2. The molecule has 0 spiro atoms. The SMILES string of the molecule is CCCS(=O)(=O)Nc1c(F)ccc(Oc2ccc3c(c2)C2=NCCCN2C=N3)c1F. The summed E-state index contributed by atoms with van der Waals surface area (Å²) >= 11 is 0. The zero-order valence-corrected chi connectivity index (χ0v) is 17.0. The van der Waals surface area contributed by atoms with Crippen molar-refractivity contribution in [1.82, 2.24) is 4.90 Å². The van der Waals surface area contributed by atoms with E-state index in [0.29, 0.717) is 24.4 Å². The fraction of sp³-hybridized carbons (Fsp3) is 0.300. The molecular formula is C20H20F2N4O3S. The summed E-state index contributed by atoms with van der Waals surface area (Å²) in [6, 6.07) is 7.09. The molecule has 0 amide bonds. The second-order valence-electron chi connectivity index (χ2n) is 6.93. The topological polar surface area (TPSA) is 83.4 Å². The van der Waals surface area contributed by atoms with Crippen molar-refractivity contribution in [1.29, 1.82) is 0 Å². The minimum atomic E-state index is -3.87. The summed E-state index contributed by atoms with van der Waals surface area (Å²) in [5.41, 5.74) is 0.708. The van der Waals surface area contributed by atoms with E-state index in [-0.39, 0.29) is 11.5 Å². The van der Waals surface area contributed by atoms with Gasteiger partial charge in [-0.05, 0) is 43.2 Å². The lowest BCUT2D eigenvalue weighted by Gasteiger charge is -2.29. The molecule has 30 heavy (non-hydrogen) atoms. The van der Waals surface area contributed by atoms with E-state index in [1.165, 1.54) is 0 Å². The van der Waals surface area contributed by atoms with Gasteiger partial charge in [-0.25, -0.2) is 22.2 Å². The summed E-state index contributed by atoms with van der Waals surface area (Å²) in [5, 5.41) is 0. The van der Waals surface area contributed by atoms with Gasteiger partial charge in [0.15, 0.2) is 17.4 Å². The molecule has 10 heteroatoms. The lowest BCUT2D eigenvalue weighted by molar-refractivity contribution is 0.439. The Morgan fingerprint density at radius 2 is 2.07 bits per heavy atom. The zero-order chi connectivity index (χ0) is 21.3. The van der Waals surface area contributed by atoms with Crippen LogP contribution in [0.2, 0.25) is 0 Å². The summed E-state index contributed by atoms with van der Waals surface area (Å²) in [6.07, 6.45) is 2.97. The van der Waals surface area contributed by atoms with Crippen LogP contribution in [0.3, 0.4) is 0 Å². The van der Waals surface area contributed by atoms with Gasteiger partial charge >= 0.3 is 0 Å². The third-order valence-electron chi connectivity index (χ3n) is 4.65. The van der Waals surface area contributed by atoms with Gasteiger partial charge in [-0.1, -0.05) is 6.92 Å². The first kappa shape index (κ1) is 20.3. The van der Waals surface area contributed by atoms with Crippen LogP contribution in [0.1, 0.15) is 25.3 Å². The smallest absolute Gasteiger partial charge is 0.232 e. The second-order valence-corrected chi connectivity index (χ2v) is 8.78. The predicted molar refractivity (Wildman–Crippen MR) is 111 cm³/mol. The van der Waals surface area contributed by atoms with E-state index in [1.807, 2.05) is 9.62 Å². The monoisotopic (exact) mass is 434 g/mol. The maximum Gasteiger partial charge on any atom is 0.232 e. The molecular weight excluding hydrogens is 414 g/mol. The Balaban J connectivity index is 1.65. The molecule has 0 bridgehead atoms. The van der Waals surface area contributed by atoms with Gasteiger partial charge in [-0.3, -0.25) is 9.71 Å². The third kappa shape index (κ3) is 4.00. The molecule has 0 aromatic heterocycles. The summed E-state index contributed by atoms with van der Waals surface area (Å²) in [7, 11) is -3.87. The summed E-state index contributed by atoms with van der Waals surface area (Å²) < 4.78 is 60.4. The quantitative estimate of drug-likeness (QED) is 0.744. The number of sulfonamides is 1. The Hall–Kier alpha value is -3.01. The van der Waals surface area contributed by atoms with Crippen LogP contribution in [-0.4, -0.2) is 44.3 Å². The van der Waals surface area contributed by atoms with Gasteiger partial charge in [0, 0.05) is 18.7 Å². The van der Waals surface area contributed by atoms with E-state index < -0.39 is 27.3 Å². The van der Waals surface area contributed by atoms with Crippen LogP contribution in [0.4, 0.5) is 20.2 Å². The van der Waals surface area contributed by atoms with Crippen LogP contribution >= 0.6 is 0 Å². The van der Waals surface area contributed by atoms with E-state index >= 15 is 0 Å². The Morgan fingerprint density at radius 3 is 2.87 bits per heavy atom. The van der Waals surface area contributed by atoms with E-state index in [1.54, 1.807) is 31.5 Å². The van der Waals surface area contributed by atoms with Gasteiger partial charge in [0.1, 0.15) is 17.3 Å². The summed E-state index contributed by atoms with van der Waals surface area (Å²) in [5.74, 6) is -1.63. The first-order valence-electron chi connectivity index (χ1n) is 9.54. The second kappa shape index (κ2) is 8.02. The fourth-order valence-electron chi connectivity index (χ4n) is 3.29. The Morgan fingerprint density at radius 1 is 1.23 bits per heavy atom. The first-order valence-corrected chi connectivity index (χ1v) is 11.2. The molecule has 0 unspecified atom stereocenters. The highest BCUT2D eigenvalue weighted by molar-refractivity contribution is 7.92. The molecule has 4 rings (SSSR count). The van der Waals surface area contributed by atoms with Gasteiger partial charge in [-0.2, -0.15) is 0 Å². The minimum Gasteiger partial charge on any atom is -0.454 e. The number of hydrogen-bond acceptors (Lipinski definition) is 6. The number of rotatable bonds is 6. The molecule has 0 saturated carbocycles. The van der Waals surface area contributed by atoms with Crippen molar-refractivity contribution < 1.29 is 21.9 Å². The van der Waals surface area contributed by atoms with Crippen LogP contribution in [0, 0.1) is 11.6 Å². The van der Waals surface area contributed by atoms with Gasteiger partial charge in [0.05, 0.1) is 17.8 Å². The van der Waals surface area contributed by atoms with Gasteiger partial charge in [-0.15, -0.1) is 0 Å². The van der Waals surface area contributed by atoms with Crippen molar-refractivity contribution >= 4 is 33.6 Å². The van der Waals surface area contributed by atoms with Crippen molar-refractivity contribution in [2.75, 3.05) is 23.6 Å². The third-order valence-corrected chi connectivity index (χ3v) is 6.11. The van der Waals surface area contributed by atoms with E-state index in [4.69, 9.17) is 4.74 Å². The highest BCUT2D eigenvalue weighted by Crippen LogP contribution is 2.35. The van der Waals surface area contributed by atoms with Crippen LogP contribution in [0.5, 0.6) is 11.5 Å². The first-order chi connectivity index (χ1) is 14.4. The van der Waals surface area contributed by atoms with E-state index in [9.17, 15) is 17.2 Å². The number of anilines is 1. The molecule has 0 radical (unpaired) electrons. The number of aliphatic imine (C=N–C) groups is 2. The predicted octanol–water partition coefficient (Wildman–Crippen LogP) is 4.03. The molecule has 1 N–H and O–H groups in total. The van der Waals surface area contributed by atoms with Crippen LogP contribution < -0.4 is 9.46 Å². The number of ether oxygens (including phenoxy) is 1. The largest absolute Gasteiger partial charge is 0.454 e. The molecule has 0 saturated heterocycles. The van der Waals surface area contributed by atoms with Crippen molar-refractivity contribution in [3.63, 3.8) is 0 Å². The Bertz CT molecular complexity index is 1150. The van der Waals surface area contributed by atoms with Crippen molar-refractivity contribution in [2.24, 2.45) is 9.98 Å². The number of hydrogen-bond donors (Lipinski definition) is 1. The Labute approximate surface area is 173 Å². The minimum absolute atomic E-state index is 0.249. The summed E-state index contributed by atoms with van der Waals surface area (Å²) in [4.78, 5) is 10.9. The van der Waals surface area contributed by atoms with Gasteiger partial charge < -0.3 is 9.64 Å². The molecule has 0 atom stereocenters. The number of amidine groups is 1. The molecule has 158 valence electrons. The average molecular weight is 434 g/mol. The molecule has 2 aliphatic rings. The maximum absolute atomic E-state index is 14.8. The maximum atomic E-state index is 14.8. The molecule has 7 nitrogen and oxygen atoms in total. The van der Waals surface area contributed by atoms with Gasteiger partial charge in [0.2, 0.25) is 10.0 Å². The molecule has 2 aliphatic heterocycles. The van der Waals surface area contributed by atoms with Crippen molar-refractivity contribution in [3.8, 4) is 11.5 Å².